The number of esters is 2. The Hall–Kier alpha value is -3.80. The second-order valence-corrected chi connectivity index (χ2v) is 15.3. The molecule has 51 heavy (non-hydrogen) atoms. The van der Waals surface area contributed by atoms with Crippen LogP contribution in [0.5, 0.6) is 11.5 Å². The first-order chi connectivity index (χ1) is 23.8. The molecule has 17 heteroatoms. The Morgan fingerprint density at radius 2 is 0.882 bits per heavy atom. The van der Waals surface area contributed by atoms with Crippen LogP contribution in [0.25, 0.3) is 0 Å². The summed E-state index contributed by atoms with van der Waals surface area (Å²) in [7, 11) is 0. The number of aliphatic carboxylic acids is 1. The summed E-state index contributed by atoms with van der Waals surface area (Å²) in [6.07, 6.45) is 0. The summed E-state index contributed by atoms with van der Waals surface area (Å²) in [6.45, 7) is 7.24. The van der Waals surface area contributed by atoms with E-state index in [1.165, 1.54) is 36.4 Å². The molecule has 3 aromatic carbocycles. The van der Waals surface area contributed by atoms with Crippen molar-refractivity contribution in [2.24, 2.45) is 0 Å². The highest BCUT2D eigenvalue weighted by Crippen LogP contribution is 2.21. The van der Waals surface area contributed by atoms with Gasteiger partial charge in [0.25, 0.3) is 0 Å². The lowest BCUT2D eigenvalue weighted by molar-refractivity contribution is -0.143. The number of rotatable bonds is 12. The molecule has 0 radical (unpaired) electrons. The molecule has 0 saturated heterocycles. The van der Waals surface area contributed by atoms with Crippen molar-refractivity contribution in [2.45, 2.75) is 47.0 Å². The lowest BCUT2D eigenvalue weighted by Gasteiger charge is -2.08. The van der Waals surface area contributed by atoms with Crippen LogP contribution >= 0.6 is 63.7 Å². The fourth-order valence-corrected chi connectivity index (χ4v) is 3.39. The van der Waals surface area contributed by atoms with Crippen LogP contribution in [0.1, 0.15) is 69.2 Å². The van der Waals surface area contributed by atoms with E-state index in [4.69, 9.17) is 34.6 Å². The maximum Gasteiger partial charge on any atom is 0.335 e. The number of hydrogen-bond acceptors (Lipinski definition) is 9. The number of carboxylic acid groups (broad SMARTS) is 4. The molecule has 0 aliphatic carbocycles. The second-order valence-electron chi connectivity index (χ2n) is 9.83. The number of ether oxygens (including phenoxy) is 3. The first kappa shape index (κ1) is 47.2. The lowest BCUT2D eigenvalue weighted by atomic mass is 10.1. The van der Waals surface area contributed by atoms with Crippen molar-refractivity contribution in [1.29, 1.82) is 0 Å². The molecule has 4 N–H and O–H groups in total. The predicted octanol–water partition coefficient (Wildman–Crippen LogP) is 7.86. The Kier molecular flexibility index (Phi) is 23.3. The van der Waals surface area contributed by atoms with Crippen molar-refractivity contribution in [3.05, 3.63) is 95.1 Å². The van der Waals surface area contributed by atoms with Crippen LogP contribution in [0, 0.1) is 0 Å². The highest BCUT2D eigenvalue weighted by molar-refractivity contribution is 9.10. The van der Waals surface area contributed by atoms with Gasteiger partial charge in [-0.05, 0) is 93.9 Å². The van der Waals surface area contributed by atoms with E-state index in [0.29, 0.717) is 17.1 Å². The molecular formula is C34H36Br4O13. The highest BCUT2D eigenvalue weighted by Gasteiger charge is 2.12. The van der Waals surface area contributed by atoms with Crippen molar-refractivity contribution in [2.75, 3.05) is 13.2 Å². The Balaban J connectivity index is 0.000000690. The molecule has 3 rings (SSSR count). The molecule has 0 heterocycles. The summed E-state index contributed by atoms with van der Waals surface area (Å²) in [6, 6.07) is 18.5. The van der Waals surface area contributed by atoms with E-state index in [0.717, 1.165) is 5.56 Å². The fourth-order valence-electron chi connectivity index (χ4n) is 2.86. The van der Waals surface area contributed by atoms with Gasteiger partial charge in [-0.15, -0.1) is 0 Å². The molecule has 4 atom stereocenters. The average molecular weight is 972 g/mol. The molecular weight excluding hydrogens is 936 g/mol. The average Bonchev–Trinajstić information content (AvgIpc) is 3.07. The Morgan fingerprint density at radius 3 is 1.20 bits per heavy atom. The molecule has 13 nitrogen and oxygen atoms in total. The number of hydrogen-bond donors (Lipinski definition) is 4. The monoisotopic (exact) mass is 968 g/mol. The van der Waals surface area contributed by atoms with Crippen molar-refractivity contribution < 1.29 is 63.4 Å². The molecule has 0 spiro atoms. The third-order valence-electron chi connectivity index (χ3n) is 5.62. The molecule has 0 amide bonds. The van der Waals surface area contributed by atoms with E-state index in [1.54, 1.807) is 45.0 Å². The third kappa shape index (κ3) is 21.2. The maximum absolute atomic E-state index is 11.1. The van der Waals surface area contributed by atoms with E-state index >= 15 is 0 Å². The van der Waals surface area contributed by atoms with Gasteiger partial charge in [-0.1, -0.05) is 75.9 Å². The van der Waals surface area contributed by atoms with E-state index in [1.807, 2.05) is 19.1 Å². The predicted molar refractivity (Wildman–Crippen MR) is 202 cm³/mol. The van der Waals surface area contributed by atoms with Crippen LogP contribution in [0.15, 0.2) is 72.8 Å². The first-order valence-corrected chi connectivity index (χ1v) is 18.2. The van der Waals surface area contributed by atoms with E-state index in [-0.39, 0.29) is 40.0 Å². The molecule has 0 aromatic heterocycles. The number of aromatic carboxylic acids is 3. The van der Waals surface area contributed by atoms with Gasteiger partial charge in [0.1, 0.15) is 39.2 Å². The smallest absolute Gasteiger partial charge is 0.335 e. The molecule has 0 bridgehead atoms. The van der Waals surface area contributed by atoms with Crippen LogP contribution in [0.2, 0.25) is 0 Å². The van der Waals surface area contributed by atoms with Crippen LogP contribution < -0.4 is 9.47 Å². The minimum absolute atomic E-state index is 0.148. The van der Waals surface area contributed by atoms with Gasteiger partial charge in [-0.3, -0.25) is 14.4 Å². The van der Waals surface area contributed by atoms with Crippen LogP contribution in [0.3, 0.4) is 0 Å². The number of alkyl halides is 4. The molecule has 4 unspecified atom stereocenters. The van der Waals surface area contributed by atoms with Crippen LogP contribution in [0.4, 0.5) is 0 Å². The molecule has 0 saturated carbocycles. The minimum atomic E-state index is -1.01. The van der Waals surface area contributed by atoms with Gasteiger partial charge in [-0.25, -0.2) is 14.4 Å². The number of halogens is 4. The van der Waals surface area contributed by atoms with Gasteiger partial charge in [0.15, 0.2) is 0 Å². The summed E-state index contributed by atoms with van der Waals surface area (Å²) >= 11 is 12.4. The zero-order valence-electron chi connectivity index (χ0n) is 27.6. The normalized spacial score (nSPS) is 12.2. The number of carbonyl (C=O) groups is 6. The molecule has 3 aromatic rings. The van der Waals surface area contributed by atoms with Crippen molar-refractivity contribution in [1.82, 2.24) is 0 Å². The largest absolute Gasteiger partial charge is 0.490 e. The molecule has 278 valence electrons. The lowest BCUT2D eigenvalue weighted by Crippen LogP contribution is -2.17. The summed E-state index contributed by atoms with van der Waals surface area (Å²) in [5, 5.41) is 33.9. The highest BCUT2D eigenvalue weighted by atomic mass is 79.9. The Bertz CT molecular complexity index is 1560. The summed E-state index contributed by atoms with van der Waals surface area (Å²) < 4.78 is 15.1. The first-order valence-electron chi connectivity index (χ1n) is 14.6. The number of carbonyl (C=O) groups excluding carboxylic acids is 2. The van der Waals surface area contributed by atoms with Gasteiger partial charge in [0, 0.05) is 4.83 Å². The van der Waals surface area contributed by atoms with Crippen LogP contribution in [-0.2, 0) is 19.1 Å². The molecule has 0 fully saturated rings. The third-order valence-corrected chi connectivity index (χ3v) is 7.29. The van der Waals surface area contributed by atoms with Crippen molar-refractivity contribution in [3.8, 4) is 11.5 Å². The molecule has 0 aliphatic rings. The van der Waals surface area contributed by atoms with Gasteiger partial charge in [0.2, 0.25) is 0 Å². The minimum Gasteiger partial charge on any atom is -0.490 e. The number of benzene rings is 3. The van der Waals surface area contributed by atoms with Gasteiger partial charge in [0.05, 0.1) is 16.7 Å². The summed E-state index contributed by atoms with van der Waals surface area (Å²) in [5.74, 6) is -3.61. The zero-order valence-corrected chi connectivity index (χ0v) is 34.0. The van der Waals surface area contributed by atoms with Gasteiger partial charge < -0.3 is 34.6 Å². The Morgan fingerprint density at radius 1 is 0.529 bits per heavy atom. The van der Waals surface area contributed by atoms with Gasteiger partial charge >= 0.3 is 35.8 Å². The van der Waals surface area contributed by atoms with E-state index in [2.05, 4.69) is 63.7 Å². The summed E-state index contributed by atoms with van der Waals surface area (Å²) in [4.78, 5) is 62.6. The van der Waals surface area contributed by atoms with Crippen molar-refractivity contribution in [3.63, 3.8) is 0 Å². The SMILES string of the molecule is CC(Br)C(=O)O.CC(Br)C(=O)OCCOc1ccc(C(=O)O)cc1.CC(Br)C(=O)Oc1ccc(C(=O)O)cc1.CC(Br)c1ccc(C(=O)O)cc1. The maximum atomic E-state index is 11.1. The zero-order chi connectivity index (χ0) is 39.3. The standard InChI is InChI=1S/C12H13BrO5.C10H9BrO4.C9H9BrO2.C3H5BrO2/c1-8(13)12(16)18-7-6-17-10-4-2-9(3-5-10)11(14)15;1-6(11)10(14)15-8-4-2-7(3-5-8)9(12)13;1-6(10)7-2-4-8(5-3-7)9(11)12;1-2(4)3(5)6/h2-5,8H,6-7H2,1H3,(H,14,15);2-6H,1H3,(H,12,13);2-6H,1H3,(H,11,12);2H,1H3,(H,5,6). The quantitative estimate of drug-likeness (QED) is 0.0590. The van der Waals surface area contributed by atoms with E-state index in [9.17, 15) is 28.8 Å². The van der Waals surface area contributed by atoms with Crippen LogP contribution in [-0.4, -0.2) is 83.9 Å². The second kappa shape index (κ2) is 25.2. The number of carboxylic acids is 4. The van der Waals surface area contributed by atoms with Crippen molar-refractivity contribution >= 4 is 99.5 Å². The molecule has 0 aliphatic heterocycles. The van der Waals surface area contributed by atoms with Gasteiger partial charge in [-0.2, -0.15) is 0 Å². The Labute approximate surface area is 327 Å². The van der Waals surface area contributed by atoms with E-state index < -0.39 is 39.5 Å². The summed E-state index contributed by atoms with van der Waals surface area (Å²) in [5.41, 5.74) is 1.76. The topological polar surface area (TPSA) is 211 Å². The fraction of sp³-hybridized carbons (Fsp3) is 0.294.